The van der Waals surface area contributed by atoms with E-state index in [-0.39, 0.29) is 58.6 Å². The fourth-order valence-electron chi connectivity index (χ4n) is 3.93. The fourth-order valence-corrected chi connectivity index (χ4v) is 4.32. The zero-order valence-corrected chi connectivity index (χ0v) is 25.8. The molecule has 0 fully saturated rings. The normalized spacial score (nSPS) is 11.2. The number of carbonyl (C=O) groups excluding carboxylic acids is 3. The second-order valence-electron chi connectivity index (χ2n) is 10.2. The molecule has 12 heteroatoms. The molecule has 0 unspecified atom stereocenters. The molecule has 0 bridgehead atoms. The Morgan fingerprint density at radius 2 is 1.75 bits per heavy atom. The van der Waals surface area contributed by atoms with Crippen molar-refractivity contribution in [3.8, 4) is 22.6 Å². The topological polar surface area (TPSA) is 120 Å². The number of amidine groups is 1. The third-order valence-electron chi connectivity index (χ3n) is 5.81. The largest absolute Gasteiger partial charge is 0.496 e. The highest BCUT2D eigenvalue weighted by atomic mass is 32.2. The van der Waals surface area contributed by atoms with Crippen LogP contribution in [0, 0.1) is 12.4 Å². The molecule has 10 nitrogen and oxygen atoms in total. The van der Waals surface area contributed by atoms with Crippen LogP contribution in [0.25, 0.3) is 16.0 Å². The standard InChI is InChI=1S/C32H33FN4O6S/c1-32(2,3)43-31(40)35-17-16-26(38)36-30(44-6)37-29(39)28-25(42-19-20-10-8-7-9-11-20)15-13-23(34-4)27(28)22-18-21(33)12-14-24(22)41-5/h7-15,18H,16-17,19H2,1-3,5-6H3,(H,35,40)(H,36,37,38,39). The number of aliphatic imine (C=N–C) groups is 1. The summed E-state index contributed by atoms with van der Waals surface area (Å²) in [5.41, 5.74) is 0.307. The summed E-state index contributed by atoms with van der Waals surface area (Å²) in [7, 11) is 1.39. The number of thioether (sulfide) groups is 1. The van der Waals surface area contributed by atoms with Crippen LogP contribution in [0.2, 0.25) is 0 Å². The molecule has 44 heavy (non-hydrogen) atoms. The minimum Gasteiger partial charge on any atom is -0.496 e. The van der Waals surface area contributed by atoms with Crippen molar-refractivity contribution in [3.63, 3.8) is 0 Å². The number of amides is 3. The molecule has 0 aliphatic heterocycles. The van der Waals surface area contributed by atoms with Crippen LogP contribution in [-0.2, 0) is 16.1 Å². The Morgan fingerprint density at radius 1 is 1.05 bits per heavy atom. The molecule has 0 atom stereocenters. The first-order valence-electron chi connectivity index (χ1n) is 13.4. The van der Waals surface area contributed by atoms with Gasteiger partial charge in [0.1, 0.15) is 29.5 Å². The van der Waals surface area contributed by atoms with E-state index in [1.807, 2.05) is 30.3 Å². The lowest BCUT2D eigenvalue weighted by atomic mass is 9.95. The average molecular weight is 621 g/mol. The first kappa shape index (κ1) is 33.6. The van der Waals surface area contributed by atoms with E-state index in [0.717, 1.165) is 17.3 Å². The van der Waals surface area contributed by atoms with Crippen LogP contribution >= 0.6 is 11.8 Å². The zero-order chi connectivity index (χ0) is 32.3. The Bertz CT molecular complexity index is 1580. The second kappa shape index (κ2) is 15.5. The Morgan fingerprint density at radius 3 is 2.39 bits per heavy atom. The average Bonchev–Trinajstić information content (AvgIpc) is 2.98. The molecular weight excluding hydrogens is 587 g/mol. The molecule has 230 valence electrons. The highest BCUT2D eigenvalue weighted by molar-refractivity contribution is 8.13. The maximum absolute atomic E-state index is 14.5. The van der Waals surface area contributed by atoms with E-state index in [2.05, 4.69) is 20.5 Å². The number of methoxy groups -OCH3 is 1. The predicted octanol–water partition coefficient (Wildman–Crippen LogP) is 6.52. The minimum atomic E-state index is -0.837. The van der Waals surface area contributed by atoms with Crippen LogP contribution in [0.5, 0.6) is 11.5 Å². The summed E-state index contributed by atoms with van der Waals surface area (Å²) in [6.45, 7) is 13.0. The van der Waals surface area contributed by atoms with Gasteiger partial charge < -0.3 is 24.8 Å². The van der Waals surface area contributed by atoms with Crippen LogP contribution in [0.15, 0.2) is 65.7 Å². The monoisotopic (exact) mass is 620 g/mol. The van der Waals surface area contributed by atoms with Crippen molar-refractivity contribution < 1.29 is 33.0 Å². The van der Waals surface area contributed by atoms with Crippen LogP contribution in [-0.4, -0.2) is 48.6 Å². The van der Waals surface area contributed by atoms with E-state index in [1.54, 1.807) is 27.0 Å². The molecule has 0 heterocycles. The van der Waals surface area contributed by atoms with Gasteiger partial charge in [-0.1, -0.05) is 48.2 Å². The highest BCUT2D eigenvalue weighted by Gasteiger charge is 2.26. The first-order chi connectivity index (χ1) is 20.9. The second-order valence-corrected chi connectivity index (χ2v) is 11.0. The molecule has 0 aliphatic rings. The maximum atomic E-state index is 14.5. The summed E-state index contributed by atoms with van der Waals surface area (Å²) in [6, 6.07) is 16.0. The zero-order valence-electron chi connectivity index (χ0n) is 25.0. The molecule has 0 spiro atoms. The summed E-state index contributed by atoms with van der Waals surface area (Å²) in [6.07, 6.45) is 0.837. The van der Waals surface area contributed by atoms with Crippen molar-refractivity contribution in [3.05, 3.63) is 89.0 Å². The van der Waals surface area contributed by atoms with Crippen molar-refractivity contribution in [2.45, 2.75) is 39.4 Å². The number of nitrogens with one attached hydrogen (secondary N) is 2. The number of rotatable bonds is 9. The SMILES string of the molecule is [C-]#[N+]c1ccc(OCc2ccccc2)c(C(=O)N=C(NC(=O)CCNC(=O)OC(C)(C)C)SC)c1-c1cc(F)ccc1OC. The lowest BCUT2D eigenvalue weighted by Gasteiger charge is -2.19. The van der Waals surface area contributed by atoms with Gasteiger partial charge in [-0.15, -0.1) is 0 Å². The predicted molar refractivity (Wildman–Crippen MR) is 168 cm³/mol. The summed E-state index contributed by atoms with van der Waals surface area (Å²) >= 11 is 1.01. The molecule has 3 amide bonds. The van der Waals surface area contributed by atoms with Crippen LogP contribution in [0.3, 0.4) is 0 Å². The molecule has 0 saturated carbocycles. The van der Waals surface area contributed by atoms with Crippen molar-refractivity contribution in [2.24, 2.45) is 4.99 Å². The number of nitrogens with zero attached hydrogens (tertiary/aromatic N) is 2. The third-order valence-corrected chi connectivity index (χ3v) is 6.39. The lowest BCUT2D eigenvalue weighted by molar-refractivity contribution is -0.119. The van der Waals surface area contributed by atoms with E-state index in [4.69, 9.17) is 20.8 Å². The number of halogens is 1. The van der Waals surface area contributed by atoms with Gasteiger partial charge in [-0.3, -0.25) is 9.59 Å². The maximum Gasteiger partial charge on any atom is 0.407 e. The van der Waals surface area contributed by atoms with Crippen LogP contribution in [0.1, 0.15) is 43.1 Å². The molecule has 0 aliphatic carbocycles. The number of benzene rings is 3. The number of carbonyl (C=O) groups is 3. The van der Waals surface area contributed by atoms with E-state index in [1.165, 1.54) is 37.4 Å². The van der Waals surface area contributed by atoms with Crippen molar-refractivity contribution in [1.82, 2.24) is 10.6 Å². The Labute approximate surface area is 259 Å². The van der Waals surface area contributed by atoms with Gasteiger partial charge in [0.25, 0.3) is 5.91 Å². The highest BCUT2D eigenvalue weighted by Crippen LogP contribution is 2.43. The Kier molecular flexibility index (Phi) is 11.9. The van der Waals surface area contributed by atoms with Gasteiger partial charge in [0.2, 0.25) is 5.91 Å². The molecule has 3 aromatic carbocycles. The van der Waals surface area contributed by atoms with Crippen molar-refractivity contribution in [2.75, 3.05) is 19.9 Å². The van der Waals surface area contributed by atoms with Crippen molar-refractivity contribution >= 4 is 40.5 Å². The van der Waals surface area contributed by atoms with Gasteiger partial charge in [0.05, 0.1) is 19.2 Å². The molecule has 0 radical (unpaired) electrons. The lowest BCUT2D eigenvalue weighted by Crippen LogP contribution is -2.36. The van der Waals surface area contributed by atoms with Gasteiger partial charge >= 0.3 is 6.09 Å². The van der Waals surface area contributed by atoms with E-state index < -0.39 is 29.3 Å². The first-order valence-corrected chi connectivity index (χ1v) is 14.7. The molecule has 0 saturated heterocycles. The number of alkyl carbamates (subject to hydrolysis) is 1. The molecule has 3 rings (SSSR count). The summed E-state index contributed by atoms with van der Waals surface area (Å²) < 4.78 is 31.1. The molecular formula is C32H33FN4O6S. The van der Waals surface area contributed by atoms with Crippen LogP contribution in [0.4, 0.5) is 14.9 Å². The number of hydrogen-bond acceptors (Lipinski definition) is 7. The van der Waals surface area contributed by atoms with E-state index >= 15 is 0 Å². The number of hydrogen-bond donors (Lipinski definition) is 2. The molecule has 2 N–H and O–H groups in total. The Balaban J connectivity index is 1.98. The summed E-state index contributed by atoms with van der Waals surface area (Å²) in [4.78, 5) is 46.0. The summed E-state index contributed by atoms with van der Waals surface area (Å²) in [5.74, 6) is -1.62. The summed E-state index contributed by atoms with van der Waals surface area (Å²) in [5, 5.41) is 5.02. The Hall–Kier alpha value is -4.89. The fraction of sp³-hybridized carbons (Fsp3) is 0.281. The quantitative estimate of drug-likeness (QED) is 0.159. The van der Waals surface area contributed by atoms with Crippen molar-refractivity contribution in [1.29, 1.82) is 0 Å². The van der Waals surface area contributed by atoms with Gasteiger partial charge in [-0.05, 0) is 56.9 Å². The molecule has 3 aromatic rings. The molecule has 0 aromatic heterocycles. The smallest absolute Gasteiger partial charge is 0.407 e. The van der Waals surface area contributed by atoms with Gasteiger partial charge in [-0.2, -0.15) is 4.99 Å². The third kappa shape index (κ3) is 9.57. The van der Waals surface area contributed by atoms with E-state index in [0.29, 0.717) is 0 Å². The minimum absolute atomic E-state index is 0.00953. The van der Waals surface area contributed by atoms with E-state index in [9.17, 15) is 18.8 Å². The number of ether oxygens (including phenoxy) is 3. The van der Waals surface area contributed by atoms with Gasteiger partial charge in [0, 0.05) is 24.1 Å². The van der Waals surface area contributed by atoms with Crippen LogP contribution < -0.4 is 20.1 Å². The van der Waals surface area contributed by atoms with Gasteiger partial charge in [-0.25, -0.2) is 14.0 Å². The van der Waals surface area contributed by atoms with Gasteiger partial charge in [0.15, 0.2) is 10.9 Å².